The Morgan fingerprint density at radius 2 is 1.60 bits per heavy atom. The molecular formula is C17H15Cl2N5O. The molecule has 0 radical (unpaired) electrons. The molecule has 1 aromatic heterocycles. The van der Waals surface area contributed by atoms with Crippen molar-refractivity contribution in [3.05, 3.63) is 45.7 Å². The van der Waals surface area contributed by atoms with E-state index in [1.165, 1.54) is 0 Å². The first-order valence-electron chi connectivity index (χ1n) is 7.40. The molecular weight excluding hydrogens is 361 g/mol. The van der Waals surface area contributed by atoms with Crippen molar-refractivity contribution in [3.8, 4) is 23.3 Å². The molecule has 0 spiro atoms. The number of hydrogen-bond acceptors (Lipinski definition) is 5. The van der Waals surface area contributed by atoms with E-state index in [1.54, 1.807) is 12.1 Å². The molecule has 1 aromatic carbocycles. The Hall–Kier alpha value is -2.67. The van der Waals surface area contributed by atoms with Gasteiger partial charge in [0.25, 0.3) is 5.56 Å². The number of benzene rings is 1. The van der Waals surface area contributed by atoms with Gasteiger partial charge in [-0.15, -0.1) is 23.2 Å². The molecule has 6 nitrogen and oxygen atoms in total. The van der Waals surface area contributed by atoms with Crippen molar-refractivity contribution in [3.63, 3.8) is 0 Å². The third kappa shape index (κ3) is 3.88. The van der Waals surface area contributed by atoms with Gasteiger partial charge in [0, 0.05) is 36.1 Å². The summed E-state index contributed by atoms with van der Waals surface area (Å²) in [5.41, 5.74) is 6.73. The number of hydrogen-bond donors (Lipinski definition) is 2. The largest absolute Gasteiger partial charge is 0.384 e. The molecule has 0 fully saturated rings. The number of nitrogens with one attached hydrogen (secondary N) is 1. The van der Waals surface area contributed by atoms with Crippen LogP contribution in [0.4, 0.5) is 11.5 Å². The molecule has 0 atom stereocenters. The summed E-state index contributed by atoms with van der Waals surface area (Å²) in [7, 11) is 0. The molecule has 0 bridgehead atoms. The minimum atomic E-state index is -0.621. The third-order valence-corrected chi connectivity index (χ3v) is 4.04. The number of alkyl halides is 2. The van der Waals surface area contributed by atoms with E-state index in [2.05, 4.69) is 4.98 Å². The fraction of sp³-hybridized carbons (Fsp3) is 0.235. The first-order chi connectivity index (χ1) is 12.1. The van der Waals surface area contributed by atoms with Crippen LogP contribution in [-0.4, -0.2) is 29.8 Å². The average molecular weight is 376 g/mol. The van der Waals surface area contributed by atoms with E-state index < -0.39 is 5.56 Å². The summed E-state index contributed by atoms with van der Waals surface area (Å²) in [6.45, 7) is 1.27. The summed E-state index contributed by atoms with van der Waals surface area (Å²) in [5, 5.41) is 18.7. The number of aromatic amines is 1. The summed E-state index contributed by atoms with van der Waals surface area (Å²) < 4.78 is 0. The molecule has 0 aliphatic heterocycles. The van der Waals surface area contributed by atoms with E-state index in [0.717, 1.165) is 5.69 Å². The van der Waals surface area contributed by atoms with Crippen molar-refractivity contribution in [2.45, 2.75) is 0 Å². The average Bonchev–Trinajstić information content (AvgIpc) is 2.61. The van der Waals surface area contributed by atoms with Crippen molar-refractivity contribution in [1.82, 2.24) is 4.98 Å². The molecule has 0 unspecified atom stereocenters. The van der Waals surface area contributed by atoms with Crippen LogP contribution in [0.15, 0.2) is 29.1 Å². The minimum absolute atomic E-state index is 0.0588. The second kappa shape index (κ2) is 8.43. The molecule has 2 rings (SSSR count). The number of nitriles is 2. The highest BCUT2D eigenvalue weighted by Crippen LogP contribution is 2.29. The van der Waals surface area contributed by atoms with Crippen molar-refractivity contribution in [2.24, 2.45) is 0 Å². The topological polar surface area (TPSA) is 110 Å². The Morgan fingerprint density at radius 3 is 2.08 bits per heavy atom. The standard InChI is InChI=1S/C17H15Cl2N5O/c18-5-7-24(8-6-19)12-3-1-11(2-4-12)15-13(9-20)16(22)23-17(25)14(15)10-21/h1-4H,5-8H2,(H3,22,23,25). The van der Waals surface area contributed by atoms with Gasteiger partial charge < -0.3 is 15.6 Å². The lowest BCUT2D eigenvalue weighted by atomic mass is 9.96. The first kappa shape index (κ1) is 18.7. The third-order valence-electron chi connectivity index (χ3n) is 3.70. The summed E-state index contributed by atoms with van der Waals surface area (Å²) >= 11 is 11.6. The van der Waals surface area contributed by atoms with E-state index >= 15 is 0 Å². The quantitative estimate of drug-likeness (QED) is 0.754. The second-order valence-corrected chi connectivity index (χ2v) is 5.88. The van der Waals surface area contributed by atoms with Crippen LogP contribution in [0.2, 0.25) is 0 Å². The molecule has 25 heavy (non-hydrogen) atoms. The van der Waals surface area contributed by atoms with Crippen LogP contribution in [0.3, 0.4) is 0 Å². The highest BCUT2D eigenvalue weighted by atomic mass is 35.5. The zero-order valence-electron chi connectivity index (χ0n) is 13.2. The van der Waals surface area contributed by atoms with Crippen LogP contribution in [0.1, 0.15) is 11.1 Å². The Bertz CT molecular complexity index is 887. The van der Waals surface area contributed by atoms with Crippen LogP contribution in [0, 0.1) is 22.7 Å². The number of nitrogens with two attached hydrogens (primary N) is 1. The van der Waals surface area contributed by atoms with Crippen molar-refractivity contribution < 1.29 is 0 Å². The highest BCUT2D eigenvalue weighted by Gasteiger charge is 2.18. The zero-order chi connectivity index (χ0) is 18.4. The highest BCUT2D eigenvalue weighted by molar-refractivity contribution is 6.18. The van der Waals surface area contributed by atoms with Gasteiger partial charge in [-0.3, -0.25) is 4.79 Å². The fourth-order valence-electron chi connectivity index (χ4n) is 2.54. The number of H-pyrrole nitrogens is 1. The zero-order valence-corrected chi connectivity index (χ0v) is 14.7. The summed E-state index contributed by atoms with van der Waals surface area (Å²) in [5.74, 6) is 0.859. The van der Waals surface area contributed by atoms with Crippen LogP contribution in [-0.2, 0) is 0 Å². The van der Waals surface area contributed by atoms with Gasteiger partial charge in [0.1, 0.15) is 29.1 Å². The predicted molar refractivity (Wildman–Crippen MR) is 100.0 cm³/mol. The lowest BCUT2D eigenvalue weighted by Gasteiger charge is -2.23. The van der Waals surface area contributed by atoms with E-state index in [0.29, 0.717) is 30.4 Å². The number of pyridine rings is 1. The van der Waals surface area contributed by atoms with Gasteiger partial charge in [-0.05, 0) is 17.7 Å². The van der Waals surface area contributed by atoms with Crippen LogP contribution in [0.5, 0.6) is 0 Å². The maximum atomic E-state index is 12.0. The Labute approximate surface area is 155 Å². The van der Waals surface area contributed by atoms with E-state index in [-0.39, 0.29) is 22.5 Å². The molecule has 1 heterocycles. The van der Waals surface area contributed by atoms with Gasteiger partial charge in [-0.25, -0.2) is 0 Å². The number of nitrogen functional groups attached to an aromatic ring is 1. The molecule has 8 heteroatoms. The number of rotatable bonds is 6. The van der Waals surface area contributed by atoms with Crippen LogP contribution >= 0.6 is 23.2 Å². The van der Waals surface area contributed by atoms with E-state index in [1.807, 2.05) is 29.2 Å². The molecule has 0 aliphatic carbocycles. The van der Waals surface area contributed by atoms with Crippen molar-refractivity contribution >= 4 is 34.7 Å². The molecule has 2 aromatic rings. The lowest BCUT2D eigenvalue weighted by molar-refractivity contribution is 0.874. The molecule has 0 saturated carbocycles. The van der Waals surface area contributed by atoms with E-state index in [9.17, 15) is 15.3 Å². The predicted octanol–water partition coefficient (Wildman–Crippen LogP) is 2.65. The molecule has 0 aliphatic rings. The monoisotopic (exact) mass is 375 g/mol. The van der Waals surface area contributed by atoms with Gasteiger partial charge in [0.15, 0.2) is 0 Å². The molecule has 0 saturated heterocycles. The molecule has 128 valence electrons. The van der Waals surface area contributed by atoms with Gasteiger partial charge in [0.05, 0.1) is 0 Å². The maximum absolute atomic E-state index is 12.0. The van der Waals surface area contributed by atoms with Gasteiger partial charge >= 0.3 is 0 Å². The Morgan fingerprint density at radius 1 is 1.04 bits per heavy atom. The maximum Gasteiger partial charge on any atom is 0.268 e. The first-order valence-corrected chi connectivity index (χ1v) is 8.47. The SMILES string of the molecule is N#Cc1c(N)[nH]c(=O)c(C#N)c1-c1ccc(N(CCCl)CCCl)cc1. The van der Waals surface area contributed by atoms with Crippen LogP contribution in [0.25, 0.3) is 11.1 Å². The Balaban J connectivity index is 2.56. The number of nitrogens with zero attached hydrogens (tertiary/aromatic N) is 3. The second-order valence-electron chi connectivity index (χ2n) is 5.13. The fourth-order valence-corrected chi connectivity index (χ4v) is 2.95. The summed E-state index contributed by atoms with van der Waals surface area (Å²) in [6, 6.07) is 10.9. The number of aromatic nitrogens is 1. The molecule has 3 N–H and O–H groups in total. The minimum Gasteiger partial charge on any atom is -0.384 e. The van der Waals surface area contributed by atoms with Crippen LogP contribution < -0.4 is 16.2 Å². The van der Waals surface area contributed by atoms with Gasteiger partial charge in [-0.2, -0.15) is 10.5 Å². The van der Waals surface area contributed by atoms with Gasteiger partial charge in [0.2, 0.25) is 0 Å². The molecule has 0 amide bonds. The smallest absolute Gasteiger partial charge is 0.268 e. The normalized spacial score (nSPS) is 10.1. The van der Waals surface area contributed by atoms with Crippen molar-refractivity contribution in [2.75, 3.05) is 35.5 Å². The van der Waals surface area contributed by atoms with Gasteiger partial charge in [-0.1, -0.05) is 12.1 Å². The summed E-state index contributed by atoms with van der Waals surface area (Å²) in [4.78, 5) is 16.3. The van der Waals surface area contributed by atoms with Crippen molar-refractivity contribution in [1.29, 1.82) is 10.5 Å². The lowest BCUT2D eigenvalue weighted by Crippen LogP contribution is -2.27. The summed E-state index contributed by atoms with van der Waals surface area (Å²) in [6.07, 6.45) is 0. The Kier molecular flexibility index (Phi) is 6.30. The number of halogens is 2. The van der Waals surface area contributed by atoms with E-state index in [4.69, 9.17) is 28.9 Å². The number of anilines is 2.